The van der Waals surface area contributed by atoms with E-state index in [0.29, 0.717) is 6.04 Å². The van der Waals surface area contributed by atoms with Crippen LogP contribution < -0.4 is 0 Å². The van der Waals surface area contributed by atoms with Gasteiger partial charge in [0.2, 0.25) is 0 Å². The van der Waals surface area contributed by atoms with Gasteiger partial charge in [-0.15, -0.1) is 21.5 Å². The van der Waals surface area contributed by atoms with E-state index in [1.54, 1.807) is 11.3 Å². The van der Waals surface area contributed by atoms with E-state index < -0.39 is 0 Å². The monoisotopic (exact) mass is 183 g/mol. The first-order valence-electron chi connectivity index (χ1n) is 4.27. The number of aryl methyl sites for hydroxylation is 1. The van der Waals surface area contributed by atoms with E-state index in [0.717, 1.165) is 5.01 Å². The second-order valence-electron chi connectivity index (χ2n) is 3.30. The predicted molar refractivity (Wildman–Crippen MR) is 49.3 cm³/mol. The van der Waals surface area contributed by atoms with Crippen molar-refractivity contribution in [3.63, 3.8) is 0 Å². The minimum atomic E-state index is 0.538. The maximum Gasteiger partial charge on any atom is 0.134 e. The zero-order valence-electron chi connectivity index (χ0n) is 7.45. The third kappa shape index (κ3) is 1.36. The van der Waals surface area contributed by atoms with E-state index in [2.05, 4.69) is 22.1 Å². The van der Waals surface area contributed by atoms with Gasteiger partial charge >= 0.3 is 0 Å². The third-order valence-electron chi connectivity index (χ3n) is 2.35. The molecule has 0 amide bonds. The van der Waals surface area contributed by atoms with Gasteiger partial charge < -0.3 is 0 Å². The molecule has 0 radical (unpaired) electrons. The molecule has 1 aliphatic rings. The summed E-state index contributed by atoms with van der Waals surface area (Å²) in [6.45, 7) is 3.21. The molecule has 0 saturated carbocycles. The molecule has 1 fully saturated rings. The first-order chi connectivity index (χ1) is 5.77. The highest BCUT2D eigenvalue weighted by Gasteiger charge is 2.25. The molecule has 0 aromatic carbocycles. The van der Waals surface area contributed by atoms with Gasteiger partial charge in [-0.05, 0) is 33.4 Å². The maximum absolute atomic E-state index is 4.18. The van der Waals surface area contributed by atoms with Crippen molar-refractivity contribution in [3.8, 4) is 0 Å². The Balaban J connectivity index is 2.19. The minimum absolute atomic E-state index is 0.538. The van der Waals surface area contributed by atoms with Crippen molar-refractivity contribution in [1.29, 1.82) is 0 Å². The molecular weight excluding hydrogens is 170 g/mol. The van der Waals surface area contributed by atoms with Crippen LogP contribution in [0.4, 0.5) is 0 Å². The second-order valence-corrected chi connectivity index (χ2v) is 4.51. The lowest BCUT2D eigenvalue weighted by molar-refractivity contribution is 0.315. The molecule has 4 heteroatoms. The molecule has 1 unspecified atom stereocenters. The fraction of sp³-hybridized carbons (Fsp3) is 0.750. The van der Waals surface area contributed by atoms with E-state index >= 15 is 0 Å². The zero-order valence-corrected chi connectivity index (χ0v) is 8.27. The average molecular weight is 183 g/mol. The molecule has 1 saturated heterocycles. The Morgan fingerprint density at radius 3 is 2.83 bits per heavy atom. The summed E-state index contributed by atoms with van der Waals surface area (Å²) in [7, 11) is 2.16. The smallest absolute Gasteiger partial charge is 0.134 e. The summed E-state index contributed by atoms with van der Waals surface area (Å²) in [5.41, 5.74) is 0. The Bertz CT molecular complexity index is 271. The topological polar surface area (TPSA) is 29.0 Å². The van der Waals surface area contributed by atoms with Gasteiger partial charge in [0.1, 0.15) is 10.0 Å². The van der Waals surface area contributed by atoms with Crippen molar-refractivity contribution < 1.29 is 0 Å². The maximum atomic E-state index is 4.18. The Morgan fingerprint density at radius 2 is 2.33 bits per heavy atom. The Morgan fingerprint density at radius 1 is 1.50 bits per heavy atom. The minimum Gasteiger partial charge on any atom is -0.297 e. The normalized spacial score (nSPS) is 25.0. The van der Waals surface area contributed by atoms with Crippen LogP contribution in [0.1, 0.15) is 28.9 Å². The molecule has 1 aromatic rings. The zero-order chi connectivity index (χ0) is 8.55. The lowest BCUT2D eigenvalue weighted by Gasteiger charge is -2.15. The highest BCUT2D eigenvalue weighted by Crippen LogP contribution is 2.31. The molecule has 0 spiro atoms. The lowest BCUT2D eigenvalue weighted by Crippen LogP contribution is -2.17. The number of likely N-dealkylation sites (tertiary alicyclic amines) is 1. The summed E-state index contributed by atoms with van der Waals surface area (Å²) in [6, 6.07) is 0.538. The van der Waals surface area contributed by atoms with Crippen molar-refractivity contribution in [1.82, 2.24) is 15.1 Å². The lowest BCUT2D eigenvalue weighted by atomic mass is 10.2. The third-order valence-corrected chi connectivity index (χ3v) is 3.29. The molecule has 1 aliphatic heterocycles. The van der Waals surface area contributed by atoms with Crippen molar-refractivity contribution in [2.24, 2.45) is 0 Å². The Kier molecular flexibility index (Phi) is 2.11. The van der Waals surface area contributed by atoms with Gasteiger partial charge in [0.05, 0.1) is 6.04 Å². The van der Waals surface area contributed by atoms with E-state index in [4.69, 9.17) is 0 Å². The average Bonchev–Trinajstić information content (AvgIpc) is 2.58. The Hall–Kier alpha value is -0.480. The van der Waals surface area contributed by atoms with E-state index in [-0.39, 0.29) is 0 Å². The van der Waals surface area contributed by atoms with Gasteiger partial charge in [-0.25, -0.2) is 0 Å². The molecule has 0 bridgehead atoms. The van der Waals surface area contributed by atoms with E-state index in [1.807, 2.05) is 6.92 Å². The number of rotatable bonds is 1. The molecule has 66 valence electrons. The first-order valence-corrected chi connectivity index (χ1v) is 5.09. The second kappa shape index (κ2) is 3.11. The van der Waals surface area contributed by atoms with Crippen LogP contribution in [-0.2, 0) is 0 Å². The van der Waals surface area contributed by atoms with Crippen LogP contribution in [0.3, 0.4) is 0 Å². The standard InChI is InChI=1S/C8H13N3S/c1-6-9-10-8(12-6)7-4-3-5-11(7)2/h7H,3-5H2,1-2H3. The molecule has 12 heavy (non-hydrogen) atoms. The number of hydrogen-bond donors (Lipinski definition) is 0. The number of hydrogen-bond acceptors (Lipinski definition) is 4. The first kappa shape index (κ1) is 8.13. The summed E-state index contributed by atoms with van der Waals surface area (Å²) < 4.78 is 0. The quantitative estimate of drug-likeness (QED) is 0.662. The van der Waals surface area contributed by atoms with E-state index in [9.17, 15) is 0 Å². The van der Waals surface area contributed by atoms with Crippen molar-refractivity contribution in [2.75, 3.05) is 13.6 Å². The summed E-state index contributed by atoms with van der Waals surface area (Å²) in [5, 5.41) is 10.5. The van der Waals surface area contributed by atoms with Gasteiger partial charge in [0, 0.05) is 0 Å². The van der Waals surface area contributed by atoms with Crippen molar-refractivity contribution >= 4 is 11.3 Å². The van der Waals surface area contributed by atoms with Crippen LogP contribution in [0.2, 0.25) is 0 Å². The van der Waals surface area contributed by atoms with Crippen LogP contribution in [0, 0.1) is 6.92 Å². The van der Waals surface area contributed by atoms with E-state index in [1.165, 1.54) is 24.4 Å². The molecule has 1 atom stereocenters. The molecule has 2 heterocycles. The van der Waals surface area contributed by atoms with Crippen LogP contribution >= 0.6 is 11.3 Å². The summed E-state index contributed by atoms with van der Waals surface area (Å²) >= 11 is 1.72. The summed E-state index contributed by atoms with van der Waals surface area (Å²) in [5.74, 6) is 0. The van der Waals surface area contributed by atoms with Crippen LogP contribution in [0.15, 0.2) is 0 Å². The summed E-state index contributed by atoms with van der Waals surface area (Å²) in [6.07, 6.45) is 2.53. The molecular formula is C8H13N3S. The van der Waals surface area contributed by atoms with Gasteiger partial charge in [-0.3, -0.25) is 4.90 Å². The number of aromatic nitrogens is 2. The highest BCUT2D eigenvalue weighted by atomic mass is 32.1. The number of nitrogens with zero attached hydrogens (tertiary/aromatic N) is 3. The SMILES string of the molecule is Cc1nnc(C2CCCN2C)s1. The van der Waals surface area contributed by atoms with Gasteiger partial charge in [0.15, 0.2) is 0 Å². The molecule has 3 nitrogen and oxygen atoms in total. The largest absolute Gasteiger partial charge is 0.297 e. The van der Waals surface area contributed by atoms with Gasteiger partial charge in [0.25, 0.3) is 0 Å². The fourth-order valence-electron chi connectivity index (χ4n) is 1.67. The van der Waals surface area contributed by atoms with Crippen LogP contribution in [0.5, 0.6) is 0 Å². The molecule has 1 aromatic heterocycles. The van der Waals surface area contributed by atoms with Crippen molar-refractivity contribution in [2.45, 2.75) is 25.8 Å². The highest BCUT2D eigenvalue weighted by molar-refractivity contribution is 7.11. The van der Waals surface area contributed by atoms with Crippen LogP contribution in [0.25, 0.3) is 0 Å². The fourth-order valence-corrected chi connectivity index (χ4v) is 2.57. The van der Waals surface area contributed by atoms with Gasteiger partial charge in [-0.1, -0.05) is 0 Å². The van der Waals surface area contributed by atoms with Gasteiger partial charge in [-0.2, -0.15) is 0 Å². The summed E-state index contributed by atoms with van der Waals surface area (Å²) in [4.78, 5) is 2.36. The molecule has 0 N–H and O–H groups in total. The van der Waals surface area contributed by atoms with Crippen LogP contribution in [-0.4, -0.2) is 28.7 Å². The van der Waals surface area contributed by atoms with Crippen molar-refractivity contribution in [3.05, 3.63) is 10.0 Å². The Labute approximate surface area is 76.4 Å². The predicted octanol–water partition coefficient (Wildman–Crippen LogP) is 1.61. The molecule has 0 aliphatic carbocycles. The molecule has 2 rings (SSSR count).